The molecule has 0 saturated heterocycles. The number of aromatic carboxylic acids is 1. The highest BCUT2D eigenvalue weighted by molar-refractivity contribution is 5.96. The van der Waals surface area contributed by atoms with Crippen molar-refractivity contribution in [3.8, 4) is 16.9 Å². The van der Waals surface area contributed by atoms with Gasteiger partial charge in [-0.2, -0.15) is 0 Å². The summed E-state index contributed by atoms with van der Waals surface area (Å²) in [6.45, 7) is -0.161. The number of ether oxygens (including phenoxy) is 1. The number of carboxylic acids is 1. The van der Waals surface area contributed by atoms with Crippen LogP contribution in [0.25, 0.3) is 11.1 Å². The molecule has 2 rings (SSSR count). The molecule has 0 aromatic heterocycles. The molecule has 0 aliphatic heterocycles. The van der Waals surface area contributed by atoms with Gasteiger partial charge < -0.3 is 20.1 Å². The van der Waals surface area contributed by atoms with Crippen molar-refractivity contribution in [2.75, 3.05) is 6.61 Å². The number of hydrogen-bond acceptors (Lipinski definition) is 4. The Hall–Kier alpha value is -2.37. The lowest BCUT2D eigenvalue weighted by atomic mass is 10.00. The molecule has 0 spiro atoms. The summed E-state index contributed by atoms with van der Waals surface area (Å²) in [5.74, 6) is -0.531. The standard InChI is InChI=1S/C16H16O5/c17-10-9-15(18)21-12-7-5-11(6-8-12)13-3-1-2-4-14(13)16(19)20/h1-8,15,17-18H,9-10H2,(H,19,20). The lowest BCUT2D eigenvalue weighted by Gasteiger charge is -2.13. The van der Waals surface area contributed by atoms with Crippen LogP contribution < -0.4 is 4.74 Å². The van der Waals surface area contributed by atoms with Gasteiger partial charge >= 0.3 is 5.97 Å². The fraction of sp³-hybridized carbons (Fsp3) is 0.188. The van der Waals surface area contributed by atoms with Gasteiger partial charge in [-0.05, 0) is 29.3 Å². The van der Waals surface area contributed by atoms with Gasteiger partial charge in [-0.3, -0.25) is 0 Å². The van der Waals surface area contributed by atoms with Crippen LogP contribution in [0.2, 0.25) is 0 Å². The number of aliphatic hydroxyl groups is 2. The second kappa shape index (κ2) is 6.88. The number of carbonyl (C=O) groups is 1. The van der Waals surface area contributed by atoms with Gasteiger partial charge in [0.15, 0.2) is 6.29 Å². The number of aliphatic hydroxyl groups excluding tert-OH is 2. The second-order valence-electron chi connectivity index (χ2n) is 4.46. The fourth-order valence-corrected chi connectivity index (χ4v) is 1.96. The van der Waals surface area contributed by atoms with Crippen LogP contribution in [0, 0.1) is 0 Å². The zero-order valence-electron chi connectivity index (χ0n) is 11.3. The van der Waals surface area contributed by atoms with Gasteiger partial charge in [0.2, 0.25) is 0 Å². The molecule has 2 aromatic carbocycles. The van der Waals surface area contributed by atoms with Crippen molar-refractivity contribution in [1.29, 1.82) is 0 Å². The van der Waals surface area contributed by atoms with Crippen molar-refractivity contribution in [3.05, 3.63) is 54.1 Å². The molecule has 0 heterocycles. The van der Waals surface area contributed by atoms with E-state index in [4.69, 9.17) is 9.84 Å². The normalized spacial score (nSPS) is 11.9. The molecule has 1 unspecified atom stereocenters. The molecule has 110 valence electrons. The van der Waals surface area contributed by atoms with Crippen molar-refractivity contribution in [1.82, 2.24) is 0 Å². The highest BCUT2D eigenvalue weighted by Gasteiger charge is 2.11. The van der Waals surface area contributed by atoms with Gasteiger partial charge in [0.1, 0.15) is 5.75 Å². The van der Waals surface area contributed by atoms with Crippen LogP contribution in [-0.2, 0) is 0 Å². The summed E-state index contributed by atoms with van der Waals surface area (Å²) in [5.41, 5.74) is 1.59. The zero-order valence-corrected chi connectivity index (χ0v) is 11.3. The number of carboxylic acid groups (broad SMARTS) is 1. The van der Waals surface area contributed by atoms with E-state index in [9.17, 15) is 15.0 Å². The third-order valence-electron chi connectivity index (χ3n) is 2.97. The first kappa shape index (κ1) is 15.0. The molecule has 0 bridgehead atoms. The van der Waals surface area contributed by atoms with Gasteiger partial charge in [-0.1, -0.05) is 30.3 Å². The Kier molecular flexibility index (Phi) is 4.92. The second-order valence-corrected chi connectivity index (χ2v) is 4.46. The Morgan fingerprint density at radius 3 is 2.38 bits per heavy atom. The first-order chi connectivity index (χ1) is 10.1. The lowest BCUT2D eigenvalue weighted by molar-refractivity contribution is -0.0327. The molecule has 2 aromatic rings. The monoisotopic (exact) mass is 288 g/mol. The molecular weight excluding hydrogens is 272 g/mol. The van der Waals surface area contributed by atoms with Crippen LogP contribution in [0.5, 0.6) is 5.75 Å². The van der Waals surface area contributed by atoms with Crippen molar-refractivity contribution in [2.45, 2.75) is 12.7 Å². The Bertz CT molecular complexity index is 606. The highest BCUT2D eigenvalue weighted by atomic mass is 16.6. The fourth-order valence-electron chi connectivity index (χ4n) is 1.96. The van der Waals surface area contributed by atoms with Crippen LogP contribution in [0.4, 0.5) is 0 Å². The predicted molar refractivity (Wildman–Crippen MR) is 77.2 cm³/mol. The summed E-state index contributed by atoms with van der Waals surface area (Å²) in [5, 5.41) is 27.3. The van der Waals surface area contributed by atoms with Crippen LogP contribution in [0.1, 0.15) is 16.8 Å². The number of benzene rings is 2. The maximum Gasteiger partial charge on any atom is 0.336 e. The molecule has 0 aliphatic carbocycles. The summed E-state index contributed by atoms with van der Waals surface area (Å²) in [7, 11) is 0. The van der Waals surface area contributed by atoms with E-state index < -0.39 is 12.3 Å². The predicted octanol–water partition coefficient (Wildman–Crippen LogP) is 2.13. The molecule has 0 radical (unpaired) electrons. The first-order valence-corrected chi connectivity index (χ1v) is 6.50. The minimum absolute atomic E-state index is 0.129. The van der Waals surface area contributed by atoms with Crippen LogP contribution in [0.3, 0.4) is 0 Å². The molecule has 3 N–H and O–H groups in total. The minimum Gasteiger partial charge on any atom is -0.478 e. The van der Waals surface area contributed by atoms with E-state index >= 15 is 0 Å². The Balaban J connectivity index is 2.21. The van der Waals surface area contributed by atoms with E-state index in [1.165, 1.54) is 0 Å². The van der Waals surface area contributed by atoms with E-state index in [0.29, 0.717) is 11.3 Å². The van der Waals surface area contributed by atoms with E-state index in [0.717, 1.165) is 5.56 Å². The summed E-state index contributed by atoms with van der Waals surface area (Å²) in [6.07, 6.45) is -0.934. The van der Waals surface area contributed by atoms with Crippen LogP contribution in [-0.4, -0.2) is 34.2 Å². The topological polar surface area (TPSA) is 87.0 Å². The van der Waals surface area contributed by atoms with Crippen molar-refractivity contribution in [2.24, 2.45) is 0 Å². The smallest absolute Gasteiger partial charge is 0.336 e. The summed E-state index contributed by atoms with van der Waals surface area (Å²) in [4.78, 5) is 11.2. The maximum atomic E-state index is 11.2. The summed E-state index contributed by atoms with van der Waals surface area (Å²) < 4.78 is 5.20. The Morgan fingerprint density at radius 2 is 1.76 bits per heavy atom. The maximum absolute atomic E-state index is 11.2. The largest absolute Gasteiger partial charge is 0.478 e. The van der Waals surface area contributed by atoms with Gasteiger partial charge in [0, 0.05) is 13.0 Å². The molecule has 0 fully saturated rings. The van der Waals surface area contributed by atoms with Crippen LogP contribution in [0.15, 0.2) is 48.5 Å². The van der Waals surface area contributed by atoms with E-state index in [1.54, 1.807) is 48.5 Å². The van der Waals surface area contributed by atoms with Crippen molar-refractivity contribution < 1.29 is 24.9 Å². The molecule has 0 aliphatic rings. The van der Waals surface area contributed by atoms with Crippen LogP contribution >= 0.6 is 0 Å². The first-order valence-electron chi connectivity index (χ1n) is 6.50. The summed E-state index contributed by atoms with van der Waals surface area (Å²) >= 11 is 0. The molecule has 5 nitrogen and oxygen atoms in total. The average Bonchev–Trinajstić information content (AvgIpc) is 2.48. The van der Waals surface area contributed by atoms with Crippen molar-refractivity contribution >= 4 is 5.97 Å². The zero-order chi connectivity index (χ0) is 15.2. The van der Waals surface area contributed by atoms with Crippen molar-refractivity contribution in [3.63, 3.8) is 0 Å². The van der Waals surface area contributed by atoms with E-state index in [2.05, 4.69) is 0 Å². The highest BCUT2D eigenvalue weighted by Crippen LogP contribution is 2.26. The minimum atomic E-state index is -1.06. The molecule has 5 heteroatoms. The molecule has 21 heavy (non-hydrogen) atoms. The van der Waals surface area contributed by atoms with E-state index in [-0.39, 0.29) is 18.6 Å². The number of rotatable bonds is 6. The molecular formula is C16H16O5. The Morgan fingerprint density at radius 1 is 1.10 bits per heavy atom. The molecule has 0 saturated carbocycles. The molecule has 0 amide bonds. The molecule has 1 atom stereocenters. The van der Waals surface area contributed by atoms with Gasteiger partial charge in [-0.25, -0.2) is 4.79 Å². The SMILES string of the molecule is O=C(O)c1ccccc1-c1ccc(OC(O)CCO)cc1. The third-order valence-corrected chi connectivity index (χ3v) is 2.97. The lowest BCUT2D eigenvalue weighted by Crippen LogP contribution is -2.16. The van der Waals surface area contributed by atoms with Gasteiger partial charge in [0.25, 0.3) is 0 Å². The average molecular weight is 288 g/mol. The quantitative estimate of drug-likeness (QED) is 0.709. The van der Waals surface area contributed by atoms with Gasteiger partial charge in [0.05, 0.1) is 5.56 Å². The van der Waals surface area contributed by atoms with Gasteiger partial charge in [-0.15, -0.1) is 0 Å². The summed E-state index contributed by atoms with van der Waals surface area (Å²) in [6, 6.07) is 13.5. The Labute approximate surface area is 122 Å². The van der Waals surface area contributed by atoms with E-state index in [1.807, 2.05) is 0 Å². The number of hydrogen-bond donors (Lipinski definition) is 3. The third kappa shape index (κ3) is 3.81.